The van der Waals surface area contributed by atoms with Crippen molar-refractivity contribution in [3.63, 3.8) is 0 Å². The van der Waals surface area contributed by atoms with E-state index in [9.17, 15) is 0 Å². The van der Waals surface area contributed by atoms with Crippen LogP contribution in [0.15, 0.2) is 21.6 Å². The van der Waals surface area contributed by atoms with E-state index in [-0.39, 0.29) is 0 Å². The molecule has 0 heterocycles. The van der Waals surface area contributed by atoms with Crippen molar-refractivity contribution in [2.24, 2.45) is 10.7 Å². The van der Waals surface area contributed by atoms with Gasteiger partial charge in [-0.3, -0.25) is 0 Å². The lowest BCUT2D eigenvalue weighted by Crippen LogP contribution is -2.32. The third kappa shape index (κ3) is 4.63. The quantitative estimate of drug-likeness (QED) is 0.620. The summed E-state index contributed by atoms with van der Waals surface area (Å²) in [6.45, 7) is 3.39. The fourth-order valence-corrected chi connectivity index (χ4v) is 2.20. The number of halogens is 1. The van der Waals surface area contributed by atoms with Crippen molar-refractivity contribution in [2.75, 3.05) is 20.8 Å². The molecule has 0 atom stereocenters. The zero-order chi connectivity index (χ0) is 14.3. The predicted molar refractivity (Wildman–Crippen MR) is 80.9 cm³/mol. The number of nitrogens with zero attached hydrogens (tertiary/aromatic N) is 1. The molecule has 0 aliphatic rings. The number of benzene rings is 1. The van der Waals surface area contributed by atoms with Crippen LogP contribution in [-0.2, 0) is 6.54 Å². The molecular formula is C13H20BrN3O2. The molecule has 0 amide bonds. The Hall–Kier alpha value is -1.43. The second-order valence-corrected chi connectivity index (χ2v) is 4.80. The van der Waals surface area contributed by atoms with Crippen molar-refractivity contribution in [1.82, 2.24) is 5.32 Å². The molecule has 1 aromatic carbocycles. The molecule has 19 heavy (non-hydrogen) atoms. The van der Waals surface area contributed by atoms with Gasteiger partial charge in [0.25, 0.3) is 0 Å². The van der Waals surface area contributed by atoms with Gasteiger partial charge in [0.2, 0.25) is 0 Å². The zero-order valence-corrected chi connectivity index (χ0v) is 13.1. The van der Waals surface area contributed by atoms with Crippen LogP contribution in [0.5, 0.6) is 11.5 Å². The molecule has 0 aromatic heterocycles. The fraction of sp³-hybridized carbons (Fsp3) is 0.462. The number of nitrogens with two attached hydrogens (primary N) is 1. The fourth-order valence-electron chi connectivity index (χ4n) is 1.55. The minimum absolute atomic E-state index is 0.452. The minimum atomic E-state index is 0.452. The molecular weight excluding hydrogens is 310 g/mol. The van der Waals surface area contributed by atoms with E-state index >= 15 is 0 Å². The topological polar surface area (TPSA) is 68.9 Å². The second-order valence-electron chi connectivity index (χ2n) is 3.94. The summed E-state index contributed by atoms with van der Waals surface area (Å²) < 4.78 is 11.4. The Morgan fingerprint density at radius 2 is 2.11 bits per heavy atom. The van der Waals surface area contributed by atoms with Crippen LogP contribution in [0.2, 0.25) is 0 Å². The molecule has 0 radical (unpaired) electrons. The molecule has 1 aromatic rings. The zero-order valence-electron chi connectivity index (χ0n) is 11.5. The van der Waals surface area contributed by atoms with E-state index in [2.05, 4.69) is 33.2 Å². The third-order valence-corrected chi connectivity index (χ3v) is 3.07. The number of guanidine groups is 1. The van der Waals surface area contributed by atoms with Gasteiger partial charge in [0.05, 0.1) is 25.2 Å². The average molecular weight is 330 g/mol. The van der Waals surface area contributed by atoms with E-state index in [0.717, 1.165) is 23.0 Å². The average Bonchev–Trinajstić information content (AvgIpc) is 2.42. The van der Waals surface area contributed by atoms with Gasteiger partial charge in [0, 0.05) is 6.54 Å². The van der Waals surface area contributed by atoms with Crippen LogP contribution in [0, 0.1) is 0 Å². The van der Waals surface area contributed by atoms with Crippen LogP contribution in [0.4, 0.5) is 0 Å². The van der Waals surface area contributed by atoms with E-state index in [4.69, 9.17) is 15.2 Å². The van der Waals surface area contributed by atoms with E-state index in [0.29, 0.717) is 24.0 Å². The van der Waals surface area contributed by atoms with Crippen LogP contribution in [0.3, 0.4) is 0 Å². The molecule has 0 aliphatic carbocycles. The van der Waals surface area contributed by atoms with Crippen molar-refractivity contribution in [2.45, 2.75) is 19.9 Å². The Morgan fingerprint density at radius 1 is 1.37 bits per heavy atom. The second kappa shape index (κ2) is 7.89. The number of hydrogen-bond acceptors (Lipinski definition) is 3. The van der Waals surface area contributed by atoms with Gasteiger partial charge >= 0.3 is 0 Å². The highest BCUT2D eigenvalue weighted by Crippen LogP contribution is 2.36. The number of hydrogen-bond donors (Lipinski definition) is 2. The summed E-state index contributed by atoms with van der Waals surface area (Å²) in [5.74, 6) is 1.79. The van der Waals surface area contributed by atoms with E-state index in [1.807, 2.05) is 12.1 Å². The summed E-state index contributed by atoms with van der Waals surface area (Å²) in [5, 5.41) is 3.03. The summed E-state index contributed by atoms with van der Waals surface area (Å²) in [6.07, 6.45) is 1.01. The van der Waals surface area contributed by atoms with E-state index in [1.165, 1.54) is 0 Å². The minimum Gasteiger partial charge on any atom is -0.493 e. The van der Waals surface area contributed by atoms with E-state index in [1.54, 1.807) is 14.2 Å². The number of aliphatic imine (C=N–C) groups is 1. The lowest BCUT2D eigenvalue weighted by molar-refractivity contribution is 0.352. The lowest BCUT2D eigenvalue weighted by atomic mass is 10.2. The standard InChI is InChI=1S/C13H20BrN3O2/c1-4-5-16-13(15)17-8-9-6-10(14)12(19-3)11(7-9)18-2/h6-7H,4-5,8H2,1-3H3,(H3,15,16,17). The molecule has 106 valence electrons. The van der Waals surface area contributed by atoms with Crippen LogP contribution < -0.4 is 20.5 Å². The van der Waals surface area contributed by atoms with Crippen molar-refractivity contribution in [3.8, 4) is 11.5 Å². The molecule has 0 bridgehead atoms. The van der Waals surface area contributed by atoms with Crippen LogP contribution in [0.25, 0.3) is 0 Å². The van der Waals surface area contributed by atoms with Gasteiger partial charge in [-0.25, -0.2) is 4.99 Å². The predicted octanol–water partition coefficient (Wildman–Crippen LogP) is 2.28. The number of rotatable bonds is 6. The van der Waals surface area contributed by atoms with Crippen LogP contribution >= 0.6 is 15.9 Å². The molecule has 0 saturated heterocycles. The first-order valence-electron chi connectivity index (χ1n) is 6.06. The van der Waals surface area contributed by atoms with Gasteiger partial charge in [-0.15, -0.1) is 0 Å². The van der Waals surface area contributed by atoms with Crippen LogP contribution in [0.1, 0.15) is 18.9 Å². The number of nitrogens with one attached hydrogen (secondary N) is 1. The Labute approximate surface area is 122 Å². The molecule has 0 spiro atoms. The van der Waals surface area contributed by atoms with Gasteiger partial charge in [-0.05, 0) is 40.0 Å². The highest BCUT2D eigenvalue weighted by molar-refractivity contribution is 9.10. The Kier molecular flexibility index (Phi) is 6.49. The van der Waals surface area contributed by atoms with Gasteiger partial charge in [0.15, 0.2) is 17.5 Å². The Bertz CT molecular complexity index is 450. The van der Waals surface area contributed by atoms with Crippen molar-refractivity contribution in [3.05, 3.63) is 22.2 Å². The third-order valence-electron chi connectivity index (χ3n) is 2.48. The van der Waals surface area contributed by atoms with Crippen molar-refractivity contribution < 1.29 is 9.47 Å². The SMILES string of the molecule is CCCNC(N)=NCc1cc(Br)c(OC)c(OC)c1. The highest BCUT2D eigenvalue weighted by Gasteiger charge is 2.10. The summed E-state index contributed by atoms with van der Waals surface area (Å²) in [4.78, 5) is 4.27. The van der Waals surface area contributed by atoms with Gasteiger partial charge < -0.3 is 20.5 Å². The van der Waals surface area contributed by atoms with Crippen molar-refractivity contribution >= 4 is 21.9 Å². The number of methoxy groups -OCH3 is 2. The first-order valence-corrected chi connectivity index (χ1v) is 6.85. The van der Waals surface area contributed by atoms with Gasteiger partial charge in [0.1, 0.15) is 0 Å². The summed E-state index contributed by atoms with van der Waals surface area (Å²) in [7, 11) is 3.21. The normalized spacial score (nSPS) is 11.3. The van der Waals surface area contributed by atoms with Gasteiger partial charge in [-0.2, -0.15) is 0 Å². The van der Waals surface area contributed by atoms with Crippen LogP contribution in [-0.4, -0.2) is 26.7 Å². The molecule has 0 saturated carbocycles. The molecule has 1 rings (SSSR count). The largest absolute Gasteiger partial charge is 0.493 e. The summed E-state index contributed by atoms with van der Waals surface area (Å²) >= 11 is 3.45. The smallest absolute Gasteiger partial charge is 0.188 e. The molecule has 3 N–H and O–H groups in total. The molecule has 6 heteroatoms. The molecule has 0 aliphatic heterocycles. The maximum Gasteiger partial charge on any atom is 0.188 e. The summed E-state index contributed by atoms with van der Waals surface area (Å²) in [5.41, 5.74) is 6.73. The van der Waals surface area contributed by atoms with Gasteiger partial charge in [-0.1, -0.05) is 6.92 Å². The summed E-state index contributed by atoms with van der Waals surface area (Å²) in [6, 6.07) is 3.83. The first kappa shape index (κ1) is 15.6. The monoisotopic (exact) mass is 329 g/mol. The molecule has 5 nitrogen and oxygen atoms in total. The van der Waals surface area contributed by atoms with Crippen molar-refractivity contribution in [1.29, 1.82) is 0 Å². The molecule has 0 unspecified atom stereocenters. The molecule has 0 fully saturated rings. The first-order chi connectivity index (χ1) is 9.12. The maximum absolute atomic E-state index is 5.74. The lowest BCUT2D eigenvalue weighted by Gasteiger charge is -2.11. The Morgan fingerprint density at radius 3 is 2.68 bits per heavy atom. The maximum atomic E-state index is 5.74. The number of ether oxygens (including phenoxy) is 2. The Balaban J connectivity index is 2.82. The highest BCUT2D eigenvalue weighted by atomic mass is 79.9. The van der Waals surface area contributed by atoms with E-state index < -0.39 is 0 Å².